The zero-order valence-corrected chi connectivity index (χ0v) is 15.7. The SMILES string of the molecule is CC(=O)N1N=C(c2ccc(C(C)C)cc2)OC1COc1ccc(Cl)cc1. The average Bonchev–Trinajstić information content (AvgIpc) is 3.06. The van der Waals surface area contributed by atoms with E-state index in [1.807, 2.05) is 24.3 Å². The molecule has 1 unspecified atom stereocenters. The number of carbonyl (C=O) groups excluding carboxylic acids is 1. The van der Waals surface area contributed by atoms with Crippen molar-refractivity contribution < 1.29 is 14.3 Å². The van der Waals surface area contributed by atoms with Gasteiger partial charge in [-0.2, -0.15) is 5.01 Å². The molecule has 6 heteroatoms. The van der Waals surface area contributed by atoms with E-state index in [0.717, 1.165) is 5.56 Å². The van der Waals surface area contributed by atoms with E-state index in [4.69, 9.17) is 21.1 Å². The number of benzene rings is 2. The maximum Gasteiger partial charge on any atom is 0.243 e. The molecule has 1 amide bonds. The lowest BCUT2D eigenvalue weighted by atomic mass is 10.0. The van der Waals surface area contributed by atoms with Gasteiger partial charge in [0.1, 0.15) is 12.4 Å². The molecule has 0 bridgehead atoms. The van der Waals surface area contributed by atoms with Crippen molar-refractivity contribution in [2.24, 2.45) is 5.10 Å². The molecular weight excluding hydrogens is 352 g/mol. The Morgan fingerprint density at radius 1 is 1.19 bits per heavy atom. The maximum absolute atomic E-state index is 11.9. The van der Waals surface area contributed by atoms with Crippen LogP contribution in [0.2, 0.25) is 5.02 Å². The van der Waals surface area contributed by atoms with Gasteiger partial charge >= 0.3 is 0 Å². The summed E-state index contributed by atoms with van der Waals surface area (Å²) in [5.41, 5.74) is 2.06. The van der Waals surface area contributed by atoms with Gasteiger partial charge in [-0.15, -0.1) is 5.10 Å². The zero-order chi connectivity index (χ0) is 18.7. The summed E-state index contributed by atoms with van der Waals surface area (Å²) in [5, 5.41) is 6.26. The van der Waals surface area contributed by atoms with Gasteiger partial charge < -0.3 is 9.47 Å². The third-order valence-electron chi connectivity index (χ3n) is 4.07. The second-order valence-electron chi connectivity index (χ2n) is 6.38. The van der Waals surface area contributed by atoms with Crippen LogP contribution in [0.3, 0.4) is 0 Å². The summed E-state index contributed by atoms with van der Waals surface area (Å²) in [4.78, 5) is 11.9. The Morgan fingerprint density at radius 2 is 1.85 bits per heavy atom. The van der Waals surface area contributed by atoms with Crippen LogP contribution < -0.4 is 4.74 Å². The minimum Gasteiger partial charge on any atom is -0.488 e. The van der Waals surface area contributed by atoms with Crippen LogP contribution in [0.25, 0.3) is 0 Å². The van der Waals surface area contributed by atoms with Crippen molar-refractivity contribution in [3.63, 3.8) is 0 Å². The molecule has 136 valence electrons. The van der Waals surface area contributed by atoms with Crippen LogP contribution in [0.4, 0.5) is 0 Å². The Balaban J connectivity index is 1.70. The minimum absolute atomic E-state index is 0.165. The lowest BCUT2D eigenvalue weighted by Gasteiger charge is -2.19. The van der Waals surface area contributed by atoms with Crippen LogP contribution in [-0.2, 0) is 9.53 Å². The van der Waals surface area contributed by atoms with Gasteiger partial charge in [0, 0.05) is 17.5 Å². The number of amides is 1. The first-order chi connectivity index (χ1) is 12.4. The molecule has 3 rings (SSSR count). The number of hydrogen-bond donors (Lipinski definition) is 0. The van der Waals surface area contributed by atoms with E-state index in [2.05, 4.69) is 18.9 Å². The molecule has 0 aliphatic carbocycles. The molecule has 0 aromatic heterocycles. The van der Waals surface area contributed by atoms with Crippen molar-refractivity contribution >= 4 is 23.4 Å². The quantitative estimate of drug-likeness (QED) is 0.781. The number of rotatable bonds is 5. The number of ether oxygens (including phenoxy) is 2. The highest BCUT2D eigenvalue weighted by atomic mass is 35.5. The third-order valence-corrected chi connectivity index (χ3v) is 4.32. The highest BCUT2D eigenvalue weighted by Gasteiger charge is 2.32. The van der Waals surface area contributed by atoms with E-state index in [9.17, 15) is 4.79 Å². The summed E-state index contributed by atoms with van der Waals surface area (Å²) in [6.07, 6.45) is -0.608. The van der Waals surface area contributed by atoms with E-state index in [1.54, 1.807) is 24.3 Å². The maximum atomic E-state index is 11.9. The number of hydrogen-bond acceptors (Lipinski definition) is 4. The Bertz CT molecular complexity index is 801. The summed E-state index contributed by atoms with van der Waals surface area (Å²) < 4.78 is 11.6. The Kier molecular flexibility index (Phi) is 5.47. The normalized spacial score (nSPS) is 16.4. The van der Waals surface area contributed by atoms with Gasteiger partial charge in [-0.05, 0) is 47.9 Å². The summed E-state index contributed by atoms with van der Waals surface area (Å²) in [7, 11) is 0. The zero-order valence-electron chi connectivity index (χ0n) is 15.0. The molecule has 2 aromatic carbocycles. The van der Waals surface area contributed by atoms with Gasteiger partial charge in [-0.1, -0.05) is 37.6 Å². The summed E-state index contributed by atoms with van der Waals surface area (Å²) in [6, 6.07) is 15.0. The third kappa shape index (κ3) is 4.17. The predicted molar refractivity (Wildman–Crippen MR) is 101 cm³/mol. The monoisotopic (exact) mass is 372 g/mol. The number of hydrazone groups is 1. The van der Waals surface area contributed by atoms with Gasteiger partial charge in [-0.25, -0.2) is 0 Å². The molecule has 0 saturated heterocycles. The first-order valence-corrected chi connectivity index (χ1v) is 8.85. The van der Waals surface area contributed by atoms with Crippen molar-refractivity contribution in [1.82, 2.24) is 5.01 Å². The molecule has 0 radical (unpaired) electrons. The molecule has 2 aromatic rings. The first-order valence-electron chi connectivity index (χ1n) is 8.48. The molecule has 0 spiro atoms. The predicted octanol–water partition coefficient (Wildman–Crippen LogP) is 4.41. The van der Waals surface area contributed by atoms with E-state index < -0.39 is 6.23 Å². The topological polar surface area (TPSA) is 51.1 Å². The van der Waals surface area contributed by atoms with Gasteiger partial charge in [-0.3, -0.25) is 4.79 Å². The standard InChI is InChI=1S/C20H21ClN2O3/c1-13(2)15-4-6-16(7-5-15)20-22-23(14(3)24)19(26-20)12-25-18-10-8-17(21)9-11-18/h4-11,13,19H,12H2,1-3H3. The van der Waals surface area contributed by atoms with Gasteiger partial charge in [0.25, 0.3) is 0 Å². The minimum atomic E-state index is -0.608. The smallest absolute Gasteiger partial charge is 0.243 e. The summed E-state index contributed by atoms with van der Waals surface area (Å²) >= 11 is 5.87. The van der Waals surface area contributed by atoms with Crippen molar-refractivity contribution in [3.05, 3.63) is 64.7 Å². The highest BCUT2D eigenvalue weighted by molar-refractivity contribution is 6.30. The lowest BCUT2D eigenvalue weighted by Crippen LogP contribution is -2.36. The van der Waals surface area contributed by atoms with E-state index in [1.165, 1.54) is 17.5 Å². The molecule has 1 aliphatic rings. The lowest BCUT2D eigenvalue weighted by molar-refractivity contribution is -0.136. The average molecular weight is 373 g/mol. The van der Waals surface area contributed by atoms with Crippen LogP contribution in [0.1, 0.15) is 37.8 Å². The number of carbonyl (C=O) groups is 1. The van der Waals surface area contributed by atoms with Crippen LogP contribution in [-0.4, -0.2) is 29.6 Å². The largest absolute Gasteiger partial charge is 0.488 e. The van der Waals surface area contributed by atoms with Crippen molar-refractivity contribution in [3.8, 4) is 5.75 Å². The van der Waals surface area contributed by atoms with Crippen molar-refractivity contribution in [2.75, 3.05) is 6.61 Å². The van der Waals surface area contributed by atoms with Crippen LogP contribution in [0.15, 0.2) is 53.6 Å². The first kappa shape index (κ1) is 18.3. The summed E-state index contributed by atoms with van der Waals surface area (Å²) in [5.74, 6) is 1.31. The fraction of sp³-hybridized carbons (Fsp3) is 0.300. The Hall–Kier alpha value is -2.53. The highest BCUT2D eigenvalue weighted by Crippen LogP contribution is 2.22. The van der Waals surface area contributed by atoms with Gasteiger partial charge in [0.15, 0.2) is 0 Å². The summed E-state index contributed by atoms with van der Waals surface area (Å²) in [6.45, 7) is 5.89. The van der Waals surface area contributed by atoms with Crippen LogP contribution >= 0.6 is 11.6 Å². The fourth-order valence-electron chi connectivity index (χ4n) is 2.58. The van der Waals surface area contributed by atoms with Crippen LogP contribution in [0, 0.1) is 0 Å². The van der Waals surface area contributed by atoms with Gasteiger partial charge in [0.05, 0.1) is 0 Å². The molecule has 1 aliphatic heterocycles. The van der Waals surface area contributed by atoms with Crippen LogP contribution in [0.5, 0.6) is 5.75 Å². The molecule has 1 atom stereocenters. The second-order valence-corrected chi connectivity index (χ2v) is 6.82. The Morgan fingerprint density at radius 3 is 2.42 bits per heavy atom. The molecule has 1 heterocycles. The van der Waals surface area contributed by atoms with Gasteiger partial charge in [0.2, 0.25) is 18.0 Å². The number of halogens is 1. The van der Waals surface area contributed by atoms with E-state index >= 15 is 0 Å². The Labute approximate surface area is 158 Å². The molecule has 5 nitrogen and oxygen atoms in total. The molecule has 0 saturated carbocycles. The molecule has 26 heavy (non-hydrogen) atoms. The van der Waals surface area contributed by atoms with Crippen molar-refractivity contribution in [2.45, 2.75) is 32.9 Å². The number of nitrogens with zero attached hydrogens (tertiary/aromatic N) is 2. The fourth-order valence-corrected chi connectivity index (χ4v) is 2.70. The van der Waals surface area contributed by atoms with E-state index in [-0.39, 0.29) is 12.5 Å². The molecule has 0 N–H and O–H groups in total. The molecule has 0 fully saturated rings. The van der Waals surface area contributed by atoms with E-state index in [0.29, 0.717) is 22.6 Å². The second kappa shape index (κ2) is 7.79. The molecular formula is C20H21ClN2O3. The van der Waals surface area contributed by atoms with Crippen molar-refractivity contribution in [1.29, 1.82) is 0 Å².